The molecule has 3 heteroatoms. The van der Waals surface area contributed by atoms with Crippen molar-refractivity contribution in [3.63, 3.8) is 0 Å². The summed E-state index contributed by atoms with van der Waals surface area (Å²) in [6, 6.07) is 0. The first-order valence-electron chi connectivity index (χ1n) is 6.10. The number of hydrogen-bond acceptors (Lipinski definition) is 3. The molecule has 1 fully saturated rings. The predicted octanol–water partition coefficient (Wildman–Crippen LogP) is 2.94. The lowest BCUT2D eigenvalue weighted by Gasteiger charge is -2.10. The molecule has 0 N–H and O–H groups in total. The van der Waals surface area contributed by atoms with Gasteiger partial charge in [0.1, 0.15) is 0 Å². The minimum absolute atomic E-state index is 0.141. The molecule has 0 bridgehead atoms. The summed E-state index contributed by atoms with van der Waals surface area (Å²) in [4.78, 5) is 20.4. The van der Waals surface area contributed by atoms with Gasteiger partial charge in [-0.25, -0.2) is 9.97 Å². The smallest absolute Gasteiger partial charge is 0.203 e. The Morgan fingerprint density at radius 1 is 1.12 bits per heavy atom. The maximum absolute atomic E-state index is 12.1. The molecule has 0 radical (unpaired) electrons. The first-order valence-corrected chi connectivity index (χ1v) is 6.10. The van der Waals surface area contributed by atoms with Crippen LogP contribution >= 0.6 is 0 Å². The molecule has 1 aromatic heterocycles. The van der Waals surface area contributed by atoms with Crippen LogP contribution in [0.3, 0.4) is 0 Å². The van der Waals surface area contributed by atoms with Gasteiger partial charge in [0.05, 0.1) is 0 Å². The second-order valence-electron chi connectivity index (χ2n) is 4.64. The van der Waals surface area contributed by atoms with Crippen molar-refractivity contribution in [1.29, 1.82) is 0 Å². The van der Waals surface area contributed by atoms with Crippen LogP contribution in [0.1, 0.15) is 54.7 Å². The third kappa shape index (κ3) is 2.65. The van der Waals surface area contributed by atoms with E-state index < -0.39 is 0 Å². The van der Waals surface area contributed by atoms with Gasteiger partial charge in [-0.15, -0.1) is 0 Å². The van der Waals surface area contributed by atoms with Crippen LogP contribution < -0.4 is 0 Å². The monoisotopic (exact) mass is 218 g/mol. The van der Waals surface area contributed by atoms with Crippen molar-refractivity contribution in [2.75, 3.05) is 0 Å². The molecule has 1 heterocycles. The fourth-order valence-corrected chi connectivity index (χ4v) is 2.24. The summed E-state index contributed by atoms with van der Waals surface area (Å²) in [7, 11) is 0. The molecule has 1 aromatic rings. The summed E-state index contributed by atoms with van der Waals surface area (Å²) in [5.41, 5.74) is 0.998. The Morgan fingerprint density at radius 2 is 1.69 bits per heavy atom. The lowest BCUT2D eigenvalue weighted by atomic mass is 9.95. The van der Waals surface area contributed by atoms with Crippen molar-refractivity contribution in [3.8, 4) is 0 Å². The van der Waals surface area contributed by atoms with E-state index in [1.165, 1.54) is 25.7 Å². The van der Waals surface area contributed by atoms with Gasteiger partial charge in [0.2, 0.25) is 5.78 Å². The third-order valence-electron chi connectivity index (χ3n) is 3.23. The van der Waals surface area contributed by atoms with Gasteiger partial charge < -0.3 is 0 Å². The summed E-state index contributed by atoms with van der Waals surface area (Å²) in [6.07, 6.45) is 10.3. The van der Waals surface area contributed by atoms with Gasteiger partial charge in [0.25, 0.3) is 0 Å². The largest absolute Gasteiger partial charge is 0.290 e. The molecule has 0 unspecified atom stereocenters. The second kappa shape index (κ2) is 5.19. The Bertz CT molecular complexity index is 351. The molecule has 0 aromatic carbocycles. The van der Waals surface area contributed by atoms with Gasteiger partial charge in [0, 0.05) is 18.3 Å². The molecule has 0 atom stereocenters. The Kier molecular flexibility index (Phi) is 3.65. The molecule has 1 aliphatic rings. The van der Waals surface area contributed by atoms with Crippen LogP contribution in [-0.4, -0.2) is 15.8 Å². The van der Waals surface area contributed by atoms with E-state index >= 15 is 0 Å². The molecule has 86 valence electrons. The number of aryl methyl sites for hydroxylation is 1. The summed E-state index contributed by atoms with van der Waals surface area (Å²) in [5, 5.41) is 0. The molecule has 0 spiro atoms. The van der Waals surface area contributed by atoms with E-state index in [0.29, 0.717) is 5.82 Å². The highest BCUT2D eigenvalue weighted by molar-refractivity contribution is 5.94. The molecule has 0 saturated heterocycles. The van der Waals surface area contributed by atoms with Crippen molar-refractivity contribution < 1.29 is 4.79 Å². The first-order chi connectivity index (χ1) is 7.77. The van der Waals surface area contributed by atoms with Crippen LogP contribution in [0.5, 0.6) is 0 Å². The third-order valence-corrected chi connectivity index (χ3v) is 3.23. The van der Waals surface area contributed by atoms with Crippen molar-refractivity contribution in [3.05, 3.63) is 23.8 Å². The van der Waals surface area contributed by atoms with Gasteiger partial charge in [-0.3, -0.25) is 4.79 Å². The minimum atomic E-state index is 0.141. The second-order valence-corrected chi connectivity index (χ2v) is 4.64. The quantitative estimate of drug-likeness (QED) is 0.566. The van der Waals surface area contributed by atoms with Gasteiger partial charge in [0.15, 0.2) is 5.82 Å². The van der Waals surface area contributed by atoms with Crippen molar-refractivity contribution in [2.45, 2.75) is 45.4 Å². The number of nitrogens with zero attached hydrogens (tertiary/aromatic N) is 2. The standard InChI is InChI=1S/C13H18N2O/c1-10-8-14-13(15-9-10)12(16)11-6-4-2-3-5-7-11/h8-9,11H,2-7H2,1H3. The maximum atomic E-state index is 12.1. The minimum Gasteiger partial charge on any atom is -0.290 e. The van der Waals surface area contributed by atoms with E-state index in [1.807, 2.05) is 6.92 Å². The Labute approximate surface area is 96.3 Å². The van der Waals surface area contributed by atoms with Gasteiger partial charge in [-0.05, 0) is 25.3 Å². The normalized spacial score (nSPS) is 18.1. The van der Waals surface area contributed by atoms with Crippen LogP contribution in [-0.2, 0) is 0 Å². The summed E-state index contributed by atoms with van der Waals surface area (Å²) < 4.78 is 0. The number of rotatable bonds is 2. The van der Waals surface area contributed by atoms with Crippen LogP contribution in [0.4, 0.5) is 0 Å². The topological polar surface area (TPSA) is 42.9 Å². The molecule has 2 rings (SSSR count). The van der Waals surface area contributed by atoms with Crippen LogP contribution in [0, 0.1) is 12.8 Å². The van der Waals surface area contributed by atoms with Crippen molar-refractivity contribution in [1.82, 2.24) is 9.97 Å². The summed E-state index contributed by atoms with van der Waals surface area (Å²) in [6.45, 7) is 1.93. The van der Waals surface area contributed by atoms with E-state index in [9.17, 15) is 4.79 Å². The number of carbonyl (C=O) groups is 1. The van der Waals surface area contributed by atoms with Crippen molar-refractivity contribution in [2.24, 2.45) is 5.92 Å². The number of carbonyl (C=O) groups excluding carboxylic acids is 1. The van der Waals surface area contributed by atoms with Crippen LogP contribution in [0.25, 0.3) is 0 Å². The van der Waals surface area contributed by atoms with Gasteiger partial charge in [-0.1, -0.05) is 25.7 Å². The molecular formula is C13H18N2O. The van der Waals surface area contributed by atoms with E-state index in [0.717, 1.165) is 18.4 Å². The number of hydrogen-bond donors (Lipinski definition) is 0. The fourth-order valence-electron chi connectivity index (χ4n) is 2.24. The fraction of sp³-hybridized carbons (Fsp3) is 0.615. The average Bonchev–Trinajstić information content (AvgIpc) is 2.57. The molecular weight excluding hydrogens is 200 g/mol. The van der Waals surface area contributed by atoms with E-state index in [1.54, 1.807) is 12.4 Å². The Balaban J connectivity index is 2.08. The molecule has 3 nitrogen and oxygen atoms in total. The molecule has 0 amide bonds. The zero-order valence-corrected chi connectivity index (χ0v) is 9.78. The van der Waals surface area contributed by atoms with Gasteiger partial charge >= 0.3 is 0 Å². The van der Waals surface area contributed by atoms with Crippen LogP contribution in [0.2, 0.25) is 0 Å². The van der Waals surface area contributed by atoms with Crippen LogP contribution in [0.15, 0.2) is 12.4 Å². The van der Waals surface area contributed by atoms with E-state index in [4.69, 9.17) is 0 Å². The Hall–Kier alpha value is -1.25. The molecule has 16 heavy (non-hydrogen) atoms. The summed E-state index contributed by atoms with van der Waals surface area (Å²) in [5.74, 6) is 0.699. The number of ketones is 1. The highest BCUT2D eigenvalue weighted by Crippen LogP contribution is 2.25. The summed E-state index contributed by atoms with van der Waals surface area (Å²) >= 11 is 0. The average molecular weight is 218 g/mol. The van der Waals surface area contributed by atoms with Crippen molar-refractivity contribution >= 4 is 5.78 Å². The lowest BCUT2D eigenvalue weighted by molar-refractivity contribution is 0.0897. The number of Topliss-reactive ketones (excluding diaryl/α,β-unsaturated/α-hetero) is 1. The Morgan fingerprint density at radius 3 is 2.25 bits per heavy atom. The lowest BCUT2D eigenvalue weighted by Crippen LogP contribution is -2.17. The van der Waals surface area contributed by atoms with Gasteiger partial charge in [-0.2, -0.15) is 0 Å². The number of aromatic nitrogens is 2. The SMILES string of the molecule is Cc1cnc(C(=O)C2CCCCCC2)nc1. The van der Waals surface area contributed by atoms with E-state index in [-0.39, 0.29) is 11.7 Å². The molecule has 1 saturated carbocycles. The molecule has 0 aliphatic heterocycles. The first kappa shape index (κ1) is 11.2. The zero-order chi connectivity index (χ0) is 11.4. The predicted molar refractivity (Wildman–Crippen MR) is 62.3 cm³/mol. The zero-order valence-electron chi connectivity index (χ0n) is 9.78. The van der Waals surface area contributed by atoms with E-state index in [2.05, 4.69) is 9.97 Å². The maximum Gasteiger partial charge on any atom is 0.203 e. The highest BCUT2D eigenvalue weighted by atomic mass is 16.1. The molecule has 1 aliphatic carbocycles. The highest BCUT2D eigenvalue weighted by Gasteiger charge is 2.23.